The number of nitrogens with one attached hydrogen (secondary N) is 2. The second kappa shape index (κ2) is 10.3. The fourth-order valence-corrected chi connectivity index (χ4v) is 3.89. The number of anilines is 1. The number of carbonyl (C=O) groups excluding carboxylic acids is 2. The van der Waals surface area contributed by atoms with Crippen molar-refractivity contribution in [3.63, 3.8) is 0 Å². The normalized spacial score (nSPS) is 16.9. The van der Waals surface area contributed by atoms with Gasteiger partial charge in [-0.15, -0.1) is 0 Å². The predicted molar refractivity (Wildman–Crippen MR) is 111 cm³/mol. The van der Waals surface area contributed by atoms with Gasteiger partial charge in [-0.1, -0.05) is 56.3 Å². The summed E-state index contributed by atoms with van der Waals surface area (Å²) in [6.45, 7) is 4.28. The molecule has 1 aromatic rings. The van der Waals surface area contributed by atoms with Crippen molar-refractivity contribution in [3.05, 3.63) is 22.2 Å². The minimum Gasteiger partial charge on any atom is -0.407 e. The van der Waals surface area contributed by atoms with Crippen LogP contribution in [0.15, 0.2) is 12.1 Å². The highest BCUT2D eigenvalue weighted by Gasteiger charge is 2.34. The van der Waals surface area contributed by atoms with E-state index in [0.717, 1.165) is 32.1 Å². The van der Waals surface area contributed by atoms with Crippen molar-refractivity contribution in [2.45, 2.75) is 58.4 Å². The summed E-state index contributed by atoms with van der Waals surface area (Å²) in [7, 11) is 1.56. The lowest BCUT2D eigenvalue weighted by Gasteiger charge is -2.32. The van der Waals surface area contributed by atoms with Gasteiger partial charge in [0.05, 0.1) is 22.7 Å². The van der Waals surface area contributed by atoms with E-state index in [4.69, 9.17) is 32.7 Å². The van der Waals surface area contributed by atoms with E-state index < -0.39 is 6.09 Å². The minimum atomic E-state index is -0.667. The maximum atomic E-state index is 12.7. The van der Waals surface area contributed by atoms with Crippen LogP contribution in [0.25, 0.3) is 0 Å². The first kappa shape index (κ1) is 22.8. The van der Waals surface area contributed by atoms with E-state index in [-0.39, 0.29) is 33.2 Å². The number of benzene rings is 1. The number of halogens is 2. The summed E-state index contributed by atoms with van der Waals surface area (Å²) in [6, 6.07) is 2.89. The van der Waals surface area contributed by atoms with Crippen LogP contribution in [0.2, 0.25) is 10.0 Å². The predicted octanol–water partition coefficient (Wildman–Crippen LogP) is 5.42. The summed E-state index contributed by atoms with van der Waals surface area (Å²) < 4.78 is 10.3. The van der Waals surface area contributed by atoms with E-state index in [1.807, 2.05) is 13.8 Å². The van der Waals surface area contributed by atoms with Crippen molar-refractivity contribution in [2.75, 3.05) is 19.0 Å². The van der Waals surface area contributed by atoms with Gasteiger partial charge in [0.2, 0.25) is 5.91 Å². The van der Waals surface area contributed by atoms with Gasteiger partial charge in [0, 0.05) is 18.2 Å². The second-order valence-corrected chi connectivity index (χ2v) is 8.25. The molecule has 0 aromatic heterocycles. The smallest absolute Gasteiger partial charge is 0.407 e. The molecule has 0 radical (unpaired) electrons. The van der Waals surface area contributed by atoms with Gasteiger partial charge in [-0.25, -0.2) is 4.79 Å². The van der Waals surface area contributed by atoms with Crippen LogP contribution in [0.5, 0.6) is 5.75 Å². The Kier molecular flexibility index (Phi) is 8.40. The quantitative estimate of drug-likeness (QED) is 0.605. The van der Waals surface area contributed by atoms with Crippen LogP contribution < -0.4 is 15.4 Å². The fraction of sp³-hybridized carbons (Fsp3) is 0.600. The molecular weight excluding hydrogens is 403 g/mol. The molecule has 1 aliphatic rings. The van der Waals surface area contributed by atoms with Gasteiger partial charge in [0.1, 0.15) is 0 Å². The highest BCUT2D eigenvalue weighted by atomic mass is 35.5. The summed E-state index contributed by atoms with van der Waals surface area (Å²) in [6.07, 6.45) is 5.01. The standard InChI is InChI=1S/C20H28Cl2N2O4/c1-4-13(12-27-3)24-19(26)28-17-15(21)10-14(11-16(17)22)23-18(25)20(2)8-6-5-7-9-20/h10-11,13H,4-9,12H2,1-3H3,(H,23,25)(H,24,26). The molecule has 0 aliphatic heterocycles. The number of ether oxygens (including phenoxy) is 2. The zero-order valence-corrected chi connectivity index (χ0v) is 18.1. The van der Waals surface area contributed by atoms with Crippen LogP contribution in [-0.4, -0.2) is 31.8 Å². The van der Waals surface area contributed by atoms with Crippen molar-refractivity contribution in [1.29, 1.82) is 0 Å². The Hall–Kier alpha value is -1.50. The maximum Gasteiger partial charge on any atom is 0.413 e. The number of hydrogen-bond donors (Lipinski definition) is 2. The zero-order chi connectivity index (χ0) is 20.7. The Bertz CT molecular complexity index is 682. The van der Waals surface area contributed by atoms with E-state index in [2.05, 4.69) is 10.6 Å². The maximum absolute atomic E-state index is 12.7. The third kappa shape index (κ3) is 6.00. The molecule has 8 heteroatoms. The topological polar surface area (TPSA) is 76.7 Å². The number of methoxy groups -OCH3 is 1. The molecule has 0 spiro atoms. The van der Waals surface area contributed by atoms with Crippen LogP contribution in [0.1, 0.15) is 52.4 Å². The molecule has 6 nitrogen and oxygen atoms in total. The molecule has 1 aliphatic carbocycles. The zero-order valence-electron chi connectivity index (χ0n) is 16.6. The van der Waals surface area contributed by atoms with E-state index in [1.165, 1.54) is 12.1 Å². The van der Waals surface area contributed by atoms with Gasteiger partial charge in [0.15, 0.2) is 5.75 Å². The Morgan fingerprint density at radius 2 is 1.79 bits per heavy atom. The molecule has 1 atom stereocenters. The van der Waals surface area contributed by atoms with Gasteiger partial charge in [-0.05, 0) is 31.4 Å². The van der Waals surface area contributed by atoms with Crippen LogP contribution in [0.4, 0.5) is 10.5 Å². The van der Waals surface area contributed by atoms with Gasteiger partial charge >= 0.3 is 6.09 Å². The molecule has 0 heterocycles. The molecule has 1 aromatic carbocycles. The highest BCUT2D eigenvalue weighted by Crippen LogP contribution is 2.39. The number of carbonyl (C=O) groups is 2. The molecule has 2 rings (SSSR count). The fourth-order valence-electron chi connectivity index (χ4n) is 3.32. The SMILES string of the molecule is CCC(COC)NC(=O)Oc1c(Cl)cc(NC(=O)C2(C)CCCCC2)cc1Cl. The Balaban J connectivity index is 2.05. The second-order valence-electron chi connectivity index (χ2n) is 7.44. The van der Waals surface area contributed by atoms with Gasteiger partial charge < -0.3 is 20.1 Å². The highest BCUT2D eigenvalue weighted by molar-refractivity contribution is 6.38. The van der Waals surface area contributed by atoms with Crippen LogP contribution in [0, 0.1) is 5.41 Å². The van der Waals surface area contributed by atoms with E-state index >= 15 is 0 Å². The molecular formula is C20H28Cl2N2O4. The third-order valence-corrected chi connectivity index (χ3v) is 5.70. The number of hydrogen-bond acceptors (Lipinski definition) is 4. The lowest BCUT2D eigenvalue weighted by Crippen LogP contribution is -2.39. The van der Waals surface area contributed by atoms with Gasteiger partial charge in [0.25, 0.3) is 0 Å². The van der Waals surface area contributed by atoms with Crippen molar-refractivity contribution < 1.29 is 19.1 Å². The Labute approximate surface area is 176 Å². The molecule has 1 saturated carbocycles. The first-order valence-electron chi connectivity index (χ1n) is 9.57. The third-order valence-electron chi connectivity index (χ3n) is 5.14. The minimum absolute atomic E-state index is 0.0453. The van der Waals surface area contributed by atoms with Crippen LogP contribution in [-0.2, 0) is 9.53 Å². The Morgan fingerprint density at radius 3 is 2.32 bits per heavy atom. The summed E-state index contributed by atoms with van der Waals surface area (Å²) in [5.41, 5.74) is 0.0911. The first-order valence-corrected chi connectivity index (χ1v) is 10.3. The summed E-state index contributed by atoms with van der Waals surface area (Å²) >= 11 is 12.5. The monoisotopic (exact) mass is 430 g/mol. The van der Waals surface area contributed by atoms with Crippen molar-refractivity contribution >= 4 is 40.9 Å². The Morgan fingerprint density at radius 1 is 1.18 bits per heavy atom. The summed E-state index contributed by atoms with van der Waals surface area (Å²) in [5, 5.41) is 5.87. The molecule has 28 heavy (non-hydrogen) atoms. The van der Waals surface area contributed by atoms with Crippen LogP contribution in [0.3, 0.4) is 0 Å². The molecule has 2 amide bonds. The average Bonchev–Trinajstić information content (AvgIpc) is 2.65. The lowest BCUT2D eigenvalue weighted by atomic mass is 9.75. The van der Waals surface area contributed by atoms with Crippen LogP contribution >= 0.6 is 23.2 Å². The molecule has 1 fully saturated rings. The number of rotatable bonds is 7. The van der Waals surface area contributed by atoms with Crippen molar-refractivity contribution in [3.8, 4) is 5.75 Å². The largest absolute Gasteiger partial charge is 0.413 e. The van der Waals surface area contributed by atoms with Gasteiger partial charge in [-0.3, -0.25) is 4.79 Å². The van der Waals surface area contributed by atoms with E-state index in [0.29, 0.717) is 18.7 Å². The molecule has 0 saturated heterocycles. The van der Waals surface area contributed by atoms with E-state index in [1.54, 1.807) is 7.11 Å². The average molecular weight is 431 g/mol. The molecule has 1 unspecified atom stereocenters. The lowest BCUT2D eigenvalue weighted by molar-refractivity contribution is -0.126. The number of amides is 2. The molecule has 2 N–H and O–H groups in total. The van der Waals surface area contributed by atoms with E-state index in [9.17, 15) is 9.59 Å². The summed E-state index contributed by atoms with van der Waals surface area (Å²) in [4.78, 5) is 24.8. The van der Waals surface area contributed by atoms with Crippen molar-refractivity contribution in [1.82, 2.24) is 5.32 Å². The first-order chi connectivity index (χ1) is 13.3. The molecule has 156 valence electrons. The summed E-state index contributed by atoms with van der Waals surface area (Å²) in [5.74, 6) is 0.00563. The molecule has 0 bridgehead atoms. The van der Waals surface area contributed by atoms with Gasteiger partial charge in [-0.2, -0.15) is 0 Å². The van der Waals surface area contributed by atoms with Crippen molar-refractivity contribution in [2.24, 2.45) is 5.41 Å².